The predicted molar refractivity (Wildman–Crippen MR) is 69.0 cm³/mol. The molecule has 2 rings (SSSR count). The van der Waals surface area contributed by atoms with Crippen molar-refractivity contribution >= 4 is 0 Å². The van der Waals surface area contributed by atoms with Crippen molar-refractivity contribution in [1.82, 2.24) is 4.98 Å². The second-order valence-corrected chi connectivity index (χ2v) is 4.49. The van der Waals surface area contributed by atoms with E-state index < -0.39 is 5.60 Å². The Balaban J connectivity index is 2.25. The maximum absolute atomic E-state index is 8.86. The van der Waals surface area contributed by atoms with E-state index in [1.165, 1.54) is 0 Å². The zero-order chi connectivity index (χ0) is 13.0. The Morgan fingerprint density at radius 1 is 1.17 bits per heavy atom. The van der Waals surface area contributed by atoms with Gasteiger partial charge in [0.2, 0.25) is 0 Å². The van der Waals surface area contributed by atoms with Crippen LogP contribution in [0, 0.1) is 11.3 Å². The second-order valence-electron chi connectivity index (χ2n) is 4.49. The van der Waals surface area contributed by atoms with Gasteiger partial charge in [0.1, 0.15) is 11.4 Å². The lowest BCUT2D eigenvalue weighted by Crippen LogP contribution is -2.25. The van der Waals surface area contributed by atoms with Gasteiger partial charge in [-0.2, -0.15) is 5.26 Å². The highest BCUT2D eigenvalue weighted by Crippen LogP contribution is 2.27. The summed E-state index contributed by atoms with van der Waals surface area (Å²) in [5.41, 5.74) is 1.18. The van der Waals surface area contributed by atoms with Crippen molar-refractivity contribution in [3.63, 3.8) is 0 Å². The molecule has 0 amide bonds. The van der Waals surface area contributed by atoms with Crippen molar-refractivity contribution in [2.45, 2.75) is 19.4 Å². The maximum Gasteiger partial charge on any atom is 0.128 e. The molecule has 0 N–H and O–H groups in total. The molecule has 0 aliphatic heterocycles. The molecule has 3 nitrogen and oxygen atoms in total. The Labute approximate surface area is 107 Å². The number of hydrogen-bond acceptors (Lipinski definition) is 3. The van der Waals surface area contributed by atoms with Crippen LogP contribution in [-0.4, -0.2) is 4.98 Å². The predicted octanol–water partition coefficient (Wildman–Crippen LogP) is 3.27. The van der Waals surface area contributed by atoms with Crippen LogP contribution in [0.3, 0.4) is 0 Å². The monoisotopic (exact) mass is 238 g/mol. The van der Waals surface area contributed by atoms with E-state index in [1.807, 2.05) is 38.1 Å². The molecule has 0 saturated heterocycles. The normalized spacial score (nSPS) is 10.7. The lowest BCUT2D eigenvalue weighted by molar-refractivity contribution is 0.108. The molecule has 1 aromatic carbocycles. The van der Waals surface area contributed by atoms with Crippen molar-refractivity contribution in [3.8, 4) is 11.8 Å². The van der Waals surface area contributed by atoms with Crippen LogP contribution in [0.25, 0.3) is 0 Å². The number of benzene rings is 1. The molecular weight excluding hydrogens is 224 g/mol. The Hall–Kier alpha value is -2.34. The number of hydrogen-bond donors (Lipinski definition) is 0. The lowest BCUT2D eigenvalue weighted by atomic mass is 9.99. The third kappa shape index (κ3) is 2.67. The maximum atomic E-state index is 8.86. The highest BCUT2D eigenvalue weighted by atomic mass is 16.5. The van der Waals surface area contributed by atoms with Crippen LogP contribution < -0.4 is 4.74 Å². The van der Waals surface area contributed by atoms with Gasteiger partial charge in [0.15, 0.2) is 0 Å². The molecule has 1 aromatic heterocycles. The van der Waals surface area contributed by atoms with Crippen molar-refractivity contribution < 1.29 is 4.74 Å². The third-order valence-corrected chi connectivity index (χ3v) is 2.71. The average molecular weight is 238 g/mol. The summed E-state index contributed by atoms with van der Waals surface area (Å²) < 4.78 is 5.95. The molecule has 0 spiro atoms. The number of nitrogens with zero attached hydrogens (tertiary/aromatic N) is 2. The zero-order valence-electron chi connectivity index (χ0n) is 10.4. The van der Waals surface area contributed by atoms with Gasteiger partial charge in [-0.3, -0.25) is 4.98 Å². The lowest BCUT2D eigenvalue weighted by Gasteiger charge is -2.26. The van der Waals surface area contributed by atoms with Crippen molar-refractivity contribution in [2.24, 2.45) is 0 Å². The van der Waals surface area contributed by atoms with E-state index in [0.29, 0.717) is 11.3 Å². The molecule has 0 saturated carbocycles. The van der Waals surface area contributed by atoms with Crippen LogP contribution in [-0.2, 0) is 5.60 Å². The Morgan fingerprint density at radius 3 is 2.56 bits per heavy atom. The summed E-state index contributed by atoms with van der Waals surface area (Å²) in [7, 11) is 0. The summed E-state index contributed by atoms with van der Waals surface area (Å²) in [6.07, 6.45) is 3.48. The molecule has 18 heavy (non-hydrogen) atoms. The summed E-state index contributed by atoms with van der Waals surface area (Å²) in [5, 5.41) is 8.86. The average Bonchev–Trinajstić information content (AvgIpc) is 2.39. The summed E-state index contributed by atoms with van der Waals surface area (Å²) in [4.78, 5) is 3.99. The van der Waals surface area contributed by atoms with Crippen LogP contribution in [0.5, 0.6) is 5.75 Å². The van der Waals surface area contributed by atoms with Gasteiger partial charge < -0.3 is 4.74 Å². The zero-order valence-corrected chi connectivity index (χ0v) is 10.4. The second kappa shape index (κ2) is 4.89. The van der Waals surface area contributed by atoms with E-state index in [4.69, 9.17) is 10.00 Å². The van der Waals surface area contributed by atoms with Crippen molar-refractivity contribution in [1.29, 1.82) is 5.26 Å². The molecule has 0 unspecified atom stereocenters. The van der Waals surface area contributed by atoms with Gasteiger partial charge in [-0.15, -0.1) is 0 Å². The number of rotatable bonds is 3. The van der Waals surface area contributed by atoms with Gasteiger partial charge in [-0.25, -0.2) is 0 Å². The topological polar surface area (TPSA) is 45.9 Å². The first-order valence-corrected chi connectivity index (χ1v) is 5.71. The number of aromatic nitrogens is 1. The fourth-order valence-electron chi connectivity index (χ4n) is 1.74. The van der Waals surface area contributed by atoms with Crippen molar-refractivity contribution in [2.75, 3.05) is 0 Å². The Bertz CT molecular complexity index is 571. The first kappa shape index (κ1) is 12.1. The van der Waals surface area contributed by atoms with Gasteiger partial charge in [0.05, 0.1) is 11.6 Å². The van der Waals surface area contributed by atoms with E-state index >= 15 is 0 Å². The highest BCUT2D eigenvalue weighted by molar-refractivity contribution is 5.37. The fourth-order valence-corrected chi connectivity index (χ4v) is 1.74. The first-order chi connectivity index (χ1) is 8.62. The van der Waals surface area contributed by atoms with E-state index in [0.717, 1.165) is 5.56 Å². The SMILES string of the molecule is CC(C)(Oc1cccc(C#N)c1)c1ccncc1. The molecule has 1 heterocycles. The van der Waals surface area contributed by atoms with E-state index in [2.05, 4.69) is 11.1 Å². The molecule has 2 aromatic rings. The summed E-state index contributed by atoms with van der Waals surface area (Å²) in [6, 6.07) is 13.1. The first-order valence-electron chi connectivity index (χ1n) is 5.71. The van der Waals surface area contributed by atoms with Crippen LogP contribution in [0.1, 0.15) is 25.0 Å². The standard InChI is InChI=1S/C15H14N2O/c1-15(2,13-6-8-17-9-7-13)18-14-5-3-4-12(10-14)11-16/h3-10H,1-2H3. The highest BCUT2D eigenvalue weighted by Gasteiger charge is 2.22. The minimum absolute atomic E-state index is 0.461. The molecule has 0 aliphatic rings. The number of pyridine rings is 1. The largest absolute Gasteiger partial charge is 0.483 e. The minimum atomic E-state index is -0.461. The van der Waals surface area contributed by atoms with Crippen LogP contribution in [0.4, 0.5) is 0 Å². The van der Waals surface area contributed by atoms with Crippen LogP contribution in [0.2, 0.25) is 0 Å². The summed E-state index contributed by atoms with van der Waals surface area (Å²) >= 11 is 0. The molecule has 0 atom stereocenters. The molecule has 0 radical (unpaired) electrons. The molecule has 0 fully saturated rings. The fraction of sp³-hybridized carbons (Fsp3) is 0.200. The molecule has 0 bridgehead atoms. The quantitative estimate of drug-likeness (QED) is 0.824. The van der Waals surface area contributed by atoms with E-state index in [1.54, 1.807) is 24.5 Å². The van der Waals surface area contributed by atoms with Gasteiger partial charge in [0, 0.05) is 12.4 Å². The van der Waals surface area contributed by atoms with E-state index in [-0.39, 0.29) is 0 Å². The Kier molecular flexibility index (Phi) is 3.29. The summed E-state index contributed by atoms with van der Waals surface area (Å²) in [5.74, 6) is 0.691. The number of nitriles is 1. The number of ether oxygens (including phenoxy) is 1. The Morgan fingerprint density at radius 2 is 1.89 bits per heavy atom. The van der Waals surface area contributed by atoms with E-state index in [9.17, 15) is 0 Å². The van der Waals surface area contributed by atoms with Gasteiger partial charge in [-0.05, 0) is 49.7 Å². The third-order valence-electron chi connectivity index (χ3n) is 2.71. The van der Waals surface area contributed by atoms with Crippen molar-refractivity contribution in [3.05, 3.63) is 59.9 Å². The van der Waals surface area contributed by atoms with Gasteiger partial charge >= 0.3 is 0 Å². The van der Waals surface area contributed by atoms with Gasteiger partial charge in [0.25, 0.3) is 0 Å². The molecule has 3 heteroatoms. The molecule has 90 valence electrons. The molecule has 0 aliphatic carbocycles. The summed E-state index contributed by atoms with van der Waals surface area (Å²) in [6.45, 7) is 3.97. The minimum Gasteiger partial charge on any atom is -0.483 e. The smallest absolute Gasteiger partial charge is 0.128 e. The molecular formula is C15H14N2O. The van der Waals surface area contributed by atoms with Gasteiger partial charge in [-0.1, -0.05) is 6.07 Å². The van der Waals surface area contributed by atoms with Crippen LogP contribution >= 0.6 is 0 Å². The van der Waals surface area contributed by atoms with Crippen LogP contribution in [0.15, 0.2) is 48.8 Å².